The molecule has 2 saturated carbocycles. The third-order valence-electron chi connectivity index (χ3n) is 11.1. The Balaban J connectivity index is 1.24. The number of pyridine rings is 1. The lowest BCUT2D eigenvalue weighted by atomic mass is 9.75. The van der Waals surface area contributed by atoms with Gasteiger partial charge in [0.25, 0.3) is 5.92 Å². The van der Waals surface area contributed by atoms with Crippen LogP contribution in [-0.4, -0.2) is 101 Å². The molecule has 2 aromatic heterocycles. The molecule has 4 aromatic rings. The van der Waals surface area contributed by atoms with Crippen LogP contribution in [0, 0.1) is 23.0 Å². The Morgan fingerprint density at radius 1 is 1.06 bits per heavy atom. The van der Waals surface area contributed by atoms with Gasteiger partial charge in [-0.1, -0.05) is 18.6 Å². The average molecular weight is 712 g/mol. The van der Waals surface area contributed by atoms with E-state index in [1.54, 1.807) is 17.9 Å². The smallest absolute Gasteiger partial charge is 0.319 e. The van der Waals surface area contributed by atoms with Gasteiger partial charge in [-0.3, -0.25) is 4.90 Å². The van der Waals surface area contributed by atoms with E-state index in [4.69, 9.17) is 19.2 Å². The summed E-state index contributed by atoms with van der Waals surface area (Å²) in [6.45, 7) is 3.67. The summed E-state index contributed by atoms with van der Waals surface area (Å²) in [6, 6.07) is 6.94. The maximum absolute atomic E-state index is 17.0. The molecule has 10 nitrogen and oxygen atoms in total. The molecule has 8 rings (SSSR count). The summed E-state index contributed by atoms with van der Waals surface area (Å²) in [5.41, 5.74) is -2.06. The zero-order chi connectivity index (χ0) is 35.7. The Morgan fingerprint density at radius 2 is 1.86 bits per heavy atom. The number of hydrogen-bond acceptors (Lipinski definition) is 10. The van der Waals surface area contributed by atoms with Crippen LogP contribution >= 0.6 is 0 Å². The number of piperidine rings is 1. The van der Waals surface area contributed by atoms with E-state index >= 15 is 8.78 Å². The van der Waals surface area contributed by atoms with Crippen LogP contribution in [-0.2, 0) is 4.74 Å². The predicted molar refractivity (Wildman–Crippen MR) is 181 cm³/mol. The second-order valence-corrected chi connectivity index (χ2v) is 15.0. The number of likely N-dealkylation sites (tertiary alicyclic amines) is 1. The van der Waals surface area contributed by atoms with E-state index in [1.807, 2.05) is 0 Å². The van der Waals surface area contributed by atoms with Crippen molar-refractivity contribution in [3.05, 3.63) is 42.0 Å². The van der Waals surface area contributed by atoms with Crippen molar-refractivity contribution < 1.29 is 42.0 Å². The molecule has 51 heavy (non-hydrogen) atoms. The van der Waals surface area contributed by atoms with Crippen molar-refractivity contribution in [3.8, 4) is 28.9 Å². The van der Waals surface area contributed by atoms with Gasteiger partial charge in [-0.15, -0.1) is 0 Å². The van der Waals surface area contributed by atoms with Gasteiger partial charge in [0, 0.05) is 47.8 Å². The Kier molecular flexibility index (Phi) is 8.42. The first-order valence-corrected chi connectivity index (χ1v) is 17.5. The average Bonchev–Trinajstić information content (AvgIpc) is 3.53. The number of aromatic hydroxyl groups is 1. The fraction of sp³-hybridized carbons (Fsp3) is 0.541. The van der Waals surface area contributed by atoms with Gasteiger partial charge in [-0.05, 0) is 62.7 Å². The number of hydrogen-bond donors (Lipinski definition) is 2. The SMILES string of the molecule is COc1nc(-c2cc(O)cc3cccc(F)c23)c(F)c2nc(OC[C@]34CCC[C@H]3N(CC3CC3(F)F)CCC4)nc(N3CCOC[C@@](C)(O)C3)c12. The standard InChI is InChI=1S/C37H41F4N5O5/c1-35(48)18-46(12-13-50-19-35)32-28-31(29(39)30(42-33(28)49-2)24-15-23(47)14-21-6-3-7-25(38)27(21)24)43-34(44-32)51-20-36-9-4-8-26(36)45(11-5-10-36)17-22-16-37(22,40)41/h3,6-7,14-15,22,26,47-48H,4-5,8-13,16-20H2,1-2H3/t22?,26-,35+,36-/m1/s1. The topological polar surface area (TPSA) is 113 Å². The summed E-state index contributed by atoms with van der Waals surface area (Å²) in [6.07, 6.45) is 4.30. The largest absolute Gasteiger partial charge is 0.508 e. The van der Waals surface area contributed by atoms with Gasteiger partial charge in [0.1, 0.15) is 39.6 Å². The second-order valence-electron chi connectivity index (χ2n) is 15.0. The second kappa shape index (κ2) is 12.6. The molecule has 2 aliphatic carbocycles. The molecule has 0 amide bonds. The van der Waals surface area contributed by atoms with E-state index in [-0.39, 0.29) is 95.2 Å². The molecular weight excluding hydrogens is 670 g/mol. The fourth-order valence-electron chi connectivity index (χ4n) is 8.65. The van der Waals surface area contributed by atoms with Crippen LogP contribution in [0.1, 0.15) is 45.4 Å². The highest BCUT2D eigenvalue weighted by Gasteiger charge is 2.59. The van der Waals surface area contributed by atoms with Crippen molar-refractivity contribution in [2.24, 2.45) is 11.3 Å². The number of aromatic nitrogens is 3. The van der Waals surface area contributed by atoms with Gasteiger partial charge >= 0.3 is 6.01 Å². The highest BCUT2D eigenvalue weighted by Crippen LogP contribution is 2.53. The van der Waals surface area contributed by atoms with Crippen molar-refractivity contribution >= 4 is 27.5 Å². The summed E-state index contributed by atoms with van der Waals surface area (Å²) in [5, 5.41) is 22.2. The lowest BCUT2D eigenvalue weighted by Crippen LogP contribution is -2.52. The number of β-amino-alcohol motifs (C(OH)–C–C–N with tert-alkyl or cyclic N) is 1. The van der Waals surface area contributed by atoms with E-state index in [9.17, 15) is 19.0 Å². The first-order valence-electron chi connectivity index (χ1n) is 17.5. The lowest BCUT2D eigenvalue weighted by molar-refractivity contribution is -0.0124. The van der Waals surface area contributed by atoms with E-state index < -0.39 is 29.1 Å². The van der Waals surface area contributed by atoms with Crippen molar-refractivity contribution in [1.29, 1.82) is 0 Å². The Morgan fingerprint density at radius 3 is 2.65 bits per heavy atom. The van der Waals surface area contributed by atoms with Crippen molar-refractivity contribution in [3.63, 3.8) is 0 Å². The van der Waals surface area contributed by atoms with Crippen molar-refractivity contribution in [2.75, 3.05) is 58.0 Å². The quantitative estimate of drug-likeness (QED) is 0.208. The summed E-state index contributed by atoms with van der Waals surface area (Å²) in [5.74, 6) is -4.78. The van der Waals surface area contributed by atoms with Gasteiger partial charge < -0.3 is 29.3 Å². The molecule has 2 aromatic carbocycles. The number of phenolic OH excluding ortho intramolecular Hbond substituents is 1. The number of anilines is 1. The van der Waals surface area contributed by atoms with Crippen molar-refractivity contribution in [1.82, 2.24) is 19.9 Å². The maximum Gasteiger partial charge on any atom is 0.319 e. The number of rotatable bonds is 8. The summed E-state index contributed by atoms with van der Waals surface area (Å²) in [7, 11) is 1.37. The molecular formula is C37H41F4N5O5. The number of nitrogens with zero attached hydrogens (tertiary/aromatic N) is 5. The number of alkyl halides is 2. The monoisotopic (exact) mass is 711 g/mol. The number of phenols is 1. The Bertz CT molecular complexity index is 2000. The minimum absolute atomic E-state index is 0.00533. The molecule has 4 heterocycles. The number of halogens is 4. The van der Waals surface area contributed by atoms with Crippen LogP contribution in [0.4, 0.5) is 23.4 Å². The molecule has 4 atom stereocenters. The molecule has 0 spiro atoms. The van der Waals surface area contributed by atoms with Gasteiger partial charge in [-0.2, -0.15) is 9.97 Å². The molecule has 4 aliphatic rings. The van der Waals surface area contributed by atoms with Crippen LogP contribution in [0.15, 0.2) is 30.3 Å². The minimum Gasteiger partial charge on any atom is -0.508 e. The first-order chi connectivity index (χ1) is 24.4. The number of fused-ring (bicyclic) bond motifs is 3. The molecule has 14 heteroatoms. The molecule has 2 aliphatic heterocycles. The van der Waals surface area contributed by atoms with E-state index in [2.05, 4.69) is 14.9 Å². The van der Waals surface area contributed by atoms with Crippen LogP contribution < -0.4 is 14.4 Å². The third-order valence-corrected chi connectivity index (χ3v) is 11.1. The van der Waals surface area contributed by atoms with Crippen molar-refractivity contribution in [2.45, 2.75) is 63.0 Å². The summed E-state index contributed by atoms with van der Waals surface area (Å²) in [4.78, 5) is 17.8. The molecule has 4 fully saturated rings. The zero-order valence-corrected chi connectivity index (χ0v) is 28.6. The van der Waals surface area contributed by atoms with Crippen LogP contribution in [0.2, 0.25) is 0 Å². The van der Waals surface area contributed by atoms with Gasteiger partial charge in [0.15, 0.2) is 5.82 Å². The molecule has 272 valence electrons. The maximum atomic E-state index is 17.0. The highest BCUT2D eigenvalue weighted by atomic mass is 19.3. The first kappa shape index (κ1) is 34.1. The summed E-state index contributed by atoms with van der Waals surface area (Å²) >= 11 is 0. The highest BCUT2D eigenvalue weighted by molar-refractivity contribution is 6.02. The third kappa shape index (κ3) is 6.18. The molecule has 2 saturated heterocycles. The van der Waals surface area contributed by atoms with Gasteiger partial charge in [-0.25, -0.2) is 22.5 Å². The minimum atomic E-state index is -2.59. The lowest BCUT2D eigenvalue weighted by Gasteiger charge is -2.46. The Hall–Kier alpha value is -4.01. The van der Waals surface area contributed by atoms with Crippen LogP contribution in [0.25, 0.3) is 32.9 Å². The number of methoxy groups -OCH3 is 1. The van der Waals surface area contributed by atoms with E-state index in [0.29, 0.717) is 18.5 Å². The molecule has 0 radical (unpaired) electrons. The molecule has 2 N–H and O–H groups in total. The normalized spacial score (nSPS) is 27.8. The van der Waals surface area contributed by atoms with E-state index in [0.717, 1.165) is 38.6 Å². The number of benzene rings is 2. The molecule has 0 bridgehead atoms. The van der Waals surface area contributed by atoms with Crippen LogP contribution in [0.5, 0.6) is 17.6 Å². The van der Waals surface area contributed by atoms with Gasteiger partial charge in [0.2, 0.25) is 5.88 Å². The number of ether oxygens (including phenoxy) is 3. The summed E-state index contributed by atoms with van der Waals surface area (Å²) < 4.78 is 78.0. The van der Waals surface area contributed by atoms with Crippen LogP contribution in [0.3, 0.4) is 0 Å². The molecule has 1 unspecified atom stereocenters. The zero-order valence-electron chi connectivity index (χ0n) is 28.6. The number of aliphatic hydroxyl groups is 1. The van der Waals surface area contributed by atoms with Gasteiger partial charge in [0.05, 0.1) is 33.5 Å². The Labute approximate surface area is 292 Å². The fourth-order valence-corrected chi connectivity index (χ4v) is 8.65. The van der Waals surface area contributed by atoms with E-state index in [1.165, 1.54) is 31.4 Å². The predicted octanol–water partition coefficient (Wildman–Crippen LogP) is 6.09.